The molecule has 0 radical (unpaired) electrons. The van der Waals surface area contributed by atoms with Crippen molar-refractivity contribution in [2.24, 2.45) is 5.92 Å². The van der Waals surface area contributed by atoms with Crippen LogP contribution in [-0.4, -0.2) is 28.6 Å². The predicted molar refractivity (Wildman–Crippen MR) is 73.1 cm³/mol. The Morgan fingerprint density at radius 1 is 1.47 bits per heavy atom. The van der Waals surface area contributed by atoms with Crippen LogP contribution in [0, 0.1) is 12.8 Å². The first-order chi connectivity index (χ1) is 8.97. The number of hydrogen-bond acceptors (Lipinski definition) is 4. The van der Waals surface area contributed by atoms with Gasteiger partial charge in [-0.1, -0.05) is 6.92 Å². The molecule has 0 aliphatic rings. The molecule has 0 bridgehead atoms. The summed E-state index contributed by atoms with van der Waals surface area (Å²) in [5.74, 6) is -0.667. The van der Waals surface area contributed by atoms with Crippen LogP contribution >= 0.6 is 11.3 Å². The number of amides is 2. The molecule has 106 valence electrons. The zero-order valence-corrected chi connectivity index (χ0v) is 11.9. The molecule has 1 aromatic heterocycles. The highest BCUT2D eigenvalue weighted by Crippen LogP contribution is 2.07. The number of nitrogens with one attached hydrogen (secondary N) is 2. The summed E-state index contributed by atoms with van der Waals surface area (Å²) in [4.78, 5) is 26.1. The molecule has 0 fully saturated rings. The van der Waals surface area contributed by atoms with E-state index in [1.54, 1.807) is 0 Å². The van der Waals surface area contributed by atoms with Crippen molar-refractivity contribution in [1.82, 2.24) is 15.6 Å². The third kappa shape index (κ3) is 6.76. The second-order valence-corrected chi connectivity index (χ2v) is 5.43. The van der Waals surface area contributed by atoms with Gasteiger partial charge in [-0.2, -0.15) is 0 Å². The van der Waals surface area contributed by atoms with E-state index in [0.29, 0.717) is 19.5 Å². The summed E-state index contributed by atoms with van der Waals surface area (Å²) in [6.07, 6.45) is 0.685. The number of carbonyl (C=O) groups excluding carboxylic acids is 1. The number of hydrogen-bond donors (Lipinski definition) is 3. The number of nitrogens with zero attached hydrogens (tertiary/aromatic N) is 1. The number of aromatic nitrogens is 1. The van der Waals surface area contributed by atoms with Gasteiger partial charge in [0.2, 0.25) is 0 Å². The average molecular weight is 285 g/mol. The lowest BCUT2D eigenvalue weighted by atomic mass is 10.1. The molecule has 6 nitrogen and oxygen atoms in total. The monoisotopic (exact) mass is 285 g/mol. The number of urea groups is 1. The quantitative estimate of drug-likeness (QED) is 0.711. The number of aliphatic carboxylic acids is 1. The van der Waals surface area contributed by atoms with E-state index in [0.717, 1.165) is 10.7 Å². The lowest BCUT2D eigenvalue weighted by molar-refractivity contribution is -0.137. The molecule has 0 aliphatic heterocycles. The number of carboxylic acid groups (broad SMARTS) is 1. The zero-order valence-electron chi connectivity index (χ0n) is 11.1. The third-order valence-corrected chi connectivity index (χ3v) is 3.50. The van der Waals surface area contributed by atoms with Crippen LogP contribution in [0.3, 0.4) is 0 Å². The molecule has 1 rings (SSSR count). The number of rotatable bonds is 7. The van der Waals surface area contributed by atoms with Gasteiger partial charge in [0.05, 0.1) is 6.54 Å². The van der Waals surface area contributed by atoms with Gasteiger partial charge < -0.3 is 15.7 Å². The molecule has 1 aromatic rings. The molecular weight excluding hydrogens is 266 g/mol. The number of aryl methyl sites for hydroxylation is 1. The van der Waals surface area contributed by atoms with Gasteiger partial charge in [-0.05, 0) is 19.3 Å². The first kappa shape index (κ1) is 15.4. The first-order valence-corrected chi connectivity index (χ1v) is 7.00. The van der Waals surface area contributed by atoms with E-state index in [4.69, 9.17) is 5.11 Å². The molecule has 7 heteroatoms. The fourth-order valence-electron chi connectivity index (χ4n) is 1.44. The van der Waals surface area contributed by atoms with Crippen LogP contribution in [0.5, 0.6) is 0 Å². The van der Waals surface area contributed by atoms with E-state index in [-0.39, 0.29) is 18.4 Å². The normalized spacial score (nSPS) is 11.9. The Bertz CT molecular complexity index is 434. The Labute approximate surface area is 116 Å². The molecule has 1 heterocycles. The SMILES string of the molecule is Cc1csc(CNC(=O)NCC(C)CCC(=O)O)n1. The predicted octanol–water partition coefficient (Wildman–Crippen LogP) is 1.75. The third-order valence-electron chi connectivity index (χ3n) is 2.53. The van der Waals surface area contributed by atoms with E-state index < -0.39 is 5.97 Å². The number of carboxylic acids is 1. The topological polar surface area (TPSA) is 91.3 Å². The van der Waals surface area contributed by atoms with Crippen molar-refractivity contribution in [1.29, 1.82) is 0 Å². The van der Waals surface area contributed by atoms with E-state index in [1.807, 2.05) is 19.2 Å². The van der Waals surface area contributed by atoms with E-state index in [2.05, 4.69) is 15.6 Å². The Balaban J connectivity index is 2.15. The molecule has 0 saturated heterocycles. The molecule has 3 N–H and O–H groups in total. The van der Waals surface area contributed by atoms with Crippen molar-refractivity contribution < 1.29 is 14.7 Å². The van der Waals surface area contributed by atoms with Crippen molar-refractivity contribution in [3.05, 3.63) is 16.1 Å². The largest absolute Gasteiger partial charge is 0.481 e. The van der Waals surface area contributed by atoms with Gasteiger partial charge in [0.1, 0.15) is 5.01 Å². The Morgan fingerprint density at radius 3 is 2.79 bits per heavy atom. The Hall–Kier alpha value is -1.63. The summed E-state index contributed by atoms with van der Waals surface area (Å²) in [5.41, 5.74) is 0.949. The lowest BCUT2D eigenvalue weighted by Gasteiger charge is -2.11. The van der Waals surface area contributed by atoms with Gasteiger partial charge in [-0.15, -0.1) is 11.3 Å². The molecule has 0 aromatic carbocycles. The fourth-order valence-corrected chi connectivity index (χ4v) is 2.15. The summed E-state index contributed by atoms with van der Waals surface area (Å²) in [5, 5.41) is 16.8. The maximum Gasteiger partial charge on any atom is 0.315 e. The Kier molecular flexibility index (Phi) is 6.27. The smallest absolute Gasteiger partial charge is 0.315 e. The molecule has 0 spiro atoms. The van der Waals surface area contributed by atoms with E-state index in [9.17, 15) is 9.59 Å². The van der Waals surface area contributed by atoms with Crippen LogP contribution in [0.4, 0.5) is 4.79 Å². The number of thiazole rings is 1. The first-order valence-electron chi connectivity index (χ1n) is 6.12. The van der Waals surface area contributed by atoms with E-state index in [1.165, 1.54) is 11.3 Å². The summed E-state index contributed by atoms with van der Waals surface area (Å²) in [7, 11) is 0. The second-order valence-electron chi connectivity index (χ2n) is 4.48. The minimum absolute atomic E-state index is 0.128. The Morgan fingerprint density at radius 2 is 2.21 bits per heavy atom. The fraction of sp³-hybridized carbons (Fsp3) is 0.583. The van der Waals surface area contributed by atoms with Crippen molar-refractivity contribution in [3.63, 3.8) is 0 Å². The van der Waals surface area contributed by atoms with Crippen molar-refractivity contribution in [3.8, 4) is 0 Å². The molecule has 1 atom stereocenters. The zero-order chi connectivity index (χ0) is 14.3. The molecule has 0 aliphatic carbocycles. The van der Waals surface area contributed by atoms with Crippen molar-refractivity contribution in [2.45, 2.75) is 33.2 Å². The maximum absolute atomic E-state index is 11.5. The van der Waals surface area contributed by atoms with Gasteiger partial charge in [-0.25, -0.2) is 9.78 Å². The summed E-state index contributed by atoms with van der Waals surface area (Å²) < 4.78 is 0. The molecular formula is C12H19N3O3S. The molecule has 19 heavy (non-hydrogen) atoms. The van der Waals surface area contributed by atoms with Gasteiger partial charge in [-0.3, -0.25) is 4.79 Å². The van der Waals surface area contributed by atoms with Crippen molar-refractivity contribution >= 4 is 23.3 Å². The van der Waals surface area contributed by atoms with Crippen LogP contribution in [0.15, 0.2) is 5.38 Å². The van der Waals surface area contributed by atoms with Gasteiger partial charge >= 0.3 is 12.0 Å². The van der Waals surface area contributed by atoms with E-state index >= 15 is 0 Å². The molecule has 1 unspecified atom stereocenters. The summed E-state index contributed by atoms with van der Waals surface area (Å²) >= 11 is 1.51. The highest BCUT2D eigenvalue weighted by molar-refractivity contribution is 7.09. The van der Waals surface area contributed by atoms with Crippen LogP contribution in [0.25, 0.3) is 0 Å². The van der Waals surface area contributed by atoms with Gasteiger partial charge in [0.15, 0.2) is 0 Å². The second kappa shape index (κ2) is 7.73. The minimum atomic E-state index is -0.810. The highest BCUT2D eigenvalue weighted by Gasteiger charge is 2.08. The van der Waals surface area contributed by atoms with Gasteiger partial charge in [0.25, 0.3) is 0 Å². The van der Waals surface area contributed by atoms with Crippen LogP contribution in [-0.2, 0) is 11.3 Å². The van der Waals surface area contributed by atoms with Crippen LogP contribution in [0.2, 0.25) is 0 Å². The molecule has 0 saturated carbocycles. The summed E-state index contributed by atoms with van der Waals surface area (Å²) in [6, 6.07) is -0.255. The van der Waals surface area contributed by atoms with Crippen LogP contribution in [0.1, 0.15) is 30.5 Å². The number of carbonyl (C=O) groups is 2. The van der Waals surface area contributed by atoms with Crippen molar-refractivity contribution in [2.75, 3.05) is 6.54 Å². The average Bonchev–Trinajstić information content (AvgIpc) is 2.77. The maximum atomic E-state index is 11.5. The minimum Gasteiger partial charge on any atom is -0.481 e. The summed E-state index contributed by atoms with van der Waals surface area (Å²) in [6.45, 7) is 4.70. The van der Waals surface area contributed by atoms with Crippen LogP contribution < -0.4 is 10.6 Å². The molecule has 2 amide bonds. The highest BCUT2D eigenvalue weighted by atomic mass is 32.1. The lowest BCUT2D eigenvalue weighted by Crippen LogP contribution is -2.37. The standard InChI is InChI=1S/C12H19N3O3S/c1-8(3-4-11(16)17)5-13-12(18)14-6-10-15-9(2)7-19-10/h7-8H,3-6H2,1-2H3,(H,16,17)(H2,13,14,18). The van der Waals surface area contributed by atoms with Gasteiger partial charge in [0, 0.05) is 24.0 Å².